The second-order valence-electron chi connectivity index (χ2n) is 5.92. The van der Waals surface area contributed by atoms with Gasteiger partial charge in [-0.3, -0.25) is 4.90 Å². The quantitative estimate of drug-likeness (QED) is 0.905. The minimum atomic E-state index is -0.428. The summed E-state index contributed by atoms with van der Waals surface area (Å²) in [5.74, 6) is 0. The number of β-amino-alcohol motifs (C(OH)–C–C–N with tert-alkyl or cyclic N) is 1. The lowest BCUT2D eigenvalue weighted by Crippen LogP contribution is -2.54. The molecule has 2 rings (SSSR count). The summed E-state index contributed by atoms with van der Waals surface area (Å²) >= 11 is 0. The summed E-state index contributed by atoms with van der Waals surface area (Å²) in [5, 5.41) is 10.4. The zero-order valence-corrected chi connectivity index (χ0v) is 12.2. The van der Waals surface area contributed by atoms with Crippen molar-refractivity contribution >= 4 is 0 Å². The maximum atomic E-state index is 10.4. The summed E-state index contributed by atoms with van der Waals surface area (Å²) in [6.07, 6.45) is 0.607. The molecule has 1 heterocycles. The molecule has 106 valence electrons. The minimum absolute atomic E-state index is 0.00257. The van der Waals surface area contributed by atoms with Crippen LogP contribution in [0, 0.1) is 0 Å². The highest BCUT2D eigenvalue weighted by atomic mass is 16.5. The molecule has 0 bridgehead atoms. The number of rotatable bonds is 4. The number of aliphatic hydroxyl groups excluding tert-OH is 1. The van der Waals surface area contributed by atoms with Crippen LogP contribution < -0.4 is 0 Å². The molecule has 1 saturated heterocycles. The van der Waals surface area contributed by atoms with E-state index in [2.05, 4.69) is 37.8 Å². The fraction of sp³-hybridized carbons (Fsp3) is 0.625. The third kappa shape index (κ3) is 3.56. The summed E-state index contributed by atoms with van der Waals surface area (Å²) < 4.78 is 5.51. The van der Waals surface area contributed by atoms with Crippen LogP contribution >= 0.6 is 0 Å². The first-order chi connectivity index (χ1) is 9.03. The Kier molecular flexibility index (Phi) is 4.61. The van der Waals surface area contributed by atoms with Crippen molar-refractivity contribution in [3.63, 3.8) is 0 Å². The lowest BCUT2D eigenvalue weighted by Gasteiger charge is -2.43. The van der Waals surface area contributed by atoms with Crippen molar-refractivity contribution in [1.29, 1.82) is 0 Å². The van der Waals surface area contributed by atoms with E-state index in [0.717, 1.165) is 31.7 Å². The molecule has 1 aliphatic rings. The van der Waals surface area contributed by atoms with Gasteiger partial charge in [0.05, 0.1) is 19.3 Å². The monoisotopic (exact) mass is 263 g/mol. The van der Waals surface area contributed by atoms with Crippen LogP contribution in [0.5, 0.6) is 0 Å². The smallest absolute Gasteiger partial charge is 0.0917 e. The lowest BCUT2D eigenvalue weighted by atomic mass is 9.99. The van der Waals surface area contributed by atoms with E-state index in [1.165, 1.54) is 5.56 Å². The molecule has 0 spiro atoms. The standard InChI is InChI=1S/C16H25NO2/c1-4-13-5-7-14(8-6-13)15(18)11-17-9-10-19-12-16(17,2)3/h5-8,15,18H,4,9-12H2,1-3H3. The van der Waals surface area contributed by atoms with E-state index in [-0.39, 0.29) is 5.54 Å². The van der Waals surface area contributed by atoms with Crippen molar-refractivity contribution in [2.24, 2.45) is 0 Å². The molecular weight excluding hydrogens is 238 g/mol. The molecule has 3 nitrogen and oxygen atoms in total. The van der Waals surface area contributed by atoms with Crippen LogP contribution in [0.25, 0.3) is 0 Å². The van der Waals surface area contributed by atoms with Crippen LogP contribution in [0.15, 0.2) is 24.3 Å². The molecule has 0 aromatic heterocycles. The third-order valence-electron chi connectivity index (χ3n) is 3.98. The van der Waals surface area contributed by atoms with Gasteiger partial charge in [-0.25, -0.2) is 0 Å². The third-order valence-corrected chi connectivity index (χ3v) is 3.98. The van der Waals surface area contributed by atoms with Gasteiger partial charge in [0.2, 0.25) is 0 Å². The highest BCUT2D eigenvalue weighted by molar-refractivity contribution is 5.24. The van der Waals surface area contributed by atoms with Crippen molar-refractivity contribution in [3.05, 3.63) is 35.4 Å². The molecule has 0 amide bonds. The van der Waals surface area contributed by atoms with Gasteiger partial charge in [-0.2, -0.15) is 0 Å². The second-order valence-corrected chi connectivity index (χ2v) is 5.92. The molecule has 0 aliphatic carbocycles. The molecule has 1 unspecified atom stereocenters. The Morgan fingerprint density at radius 2 is 2.00 bits per heavy atom. The van der Waals surface area contributed by atoms with Crippen molar-refractivity contribution in [2.75, 3.05) is 26.3 Å². The molecule has 1 N–H and O–H groups in total. The van der Waals surface area contributed by atoms with Crippen LogP contribution in [0.4, 0.5) is 0 Å². The molecule has 1 aromatic rings. The predicted molar refractivity (Wildman–Crippen MR) is 77.3 cm³/mol. The number of aryl methyl sites for hydroxylation is 1. The maximum absolute atomic E-state index is 10.4. The van der Waals surface area contributed by atoms with Crippen molar-refractivity contribution in [3.8, 4) is 0 Å². The summed E-state index contributed by atoms with van der Waals surface area (Å²) in [7, 11) is 0. The van der Waals surface area contributed by atoms with Crippen LogP contribution in [-0.4, -0.2) is 41.8 Å². The Morgan fingerprint density at radius 3 is 2.58 bits per heavy atom. The molecule has 0 radical (unpaired) electrons. The number of benzene rings is 1. The number of morpholine rings is 1. The Hall–Kier alpha value is -0.900. The number of aliphatic hydroxyl groups is 1. The minimum Gasteiger partial charge on any atom is -0.387 e. The topological polar surface area (TPSA) is 32.7 Å². The Morgan fingerprint density at radius 1 is 1.32 bits per heavy atom. The van der Waals surface area contributed by atoms with E-state index in [0.29, 0.717) is 6.54 Å². The Labute approximate surface area is 116 Å². The van der Waals surface area contributed by atoms with Crippen molar-refractivity contribution in [2.45, 2.75) is 38.8 Å². The van der Waals surface area contributed by atoms with Gasteiger partial charge in [-0.05, 0) is 31.4 Å². The van der Waals surface area contributed by atoms with Gasteiger partial charge >= 0.3 is 0 Å². The molecule has 1 aliphatic heterocycles. The van der Waals surface area contributed by atoms with Crippen LogP contribution in [0.2, 0.25) is 0 Å². The first-order valence-corrected chi connectivity index (χ1v) is 7.12. The van der Waals surface area contributed by atoms with E-state index in [4.69, 9.17) is 4.74 Å². The Bertz CT molecular complexity index is 400. The van der Waals surface area contributed by atoms with Gasteiger partial charge in [0.25, 0.3) is 0 Å². The number of hydrogen-bond acceptors (Lipinski definition) is 3. The van der Waals surface area contributed by atoms with Crippen LogP contribution in [0.1, 0.15) is 38.0 Å². The van der Waals surface area contributed by atoms with E-state index in [1.54, 1.807) is 0 Å². The van der Waals surface area contributed by atoms with Crippen LogP contribution in [0.3, 0.4) is 0 Å². The van der Waals surface area contributed by atoms with Gasteiger partial charge < -0.3 is 9.84 Å². The molecular formula is C16H25NO2. The molecule has 1 aromatic carbocycles. The van der Waals surface area contributed by atoms with Gasteiger partial charge in [0.15, 0.2) is 0 Å². The van der Waals surface area contributed by atoms with Gasteiger partial charge in [-0.1, -0.05) is 31.2 Å². The van der Waals surface area contributed by atoms with Crippen molar-refractivity contribution < 1.29 is 9.84 Å². The highest BCUT2D eigenvalue weighted by Crippen LogP contribution is 2.23. The van der Waals surface area contributed by atoms with Gasteiger partial charge in [-0.15, -0.1) is 0 Å². The van der Waals surface area contributed by atoms with E-state index < -0.39 is 6.10 Å². The van der Waals surface area contributed by atoms with Gasteiger partial charge in [0, 0.05) is 18.6 Å². The second kappa shape index (κ2) is 6.04. The summed E-state index contributed by atoms with van der Waals surface area (Å²) in [6, 6.07) is 8.28. The highest BCUT2D eigenvalue weighted by Gasteiger charge is 2.31. The molecule has 1 fully saturated rings. The molecule has 3 heteroatoms. The van der Waals surface area contributed by atoms with Crippen molar-refractivity contribution in [1.82, 2.24) is 4.90 Å². The van der Waals surface area contributed by atoms with E-state index in [1.807, 2.05) is 12.1 Å². The molecule has 0 saturated carbocycles. The summed E-state index contributed by atoms with van der Waals surface area (Å²) in [6.45, 7) is 9.51. The number of ether oxygens (including phenoxy) is 1. The predicted octanol–water partition coefficient (Wildman–Crippen LogP) is 2.39. The van der Waals surface area contributed by atoms with E-state index >= 15 is 0 Å². The normalized spacial score (nSPS) is 21.3. The SMILES string of the molecule is CCc1ccc(C(O)CN2CCOCC2(C)C)cc1. The van der Waals surface area contributed by atoms with E-state index in [9.17, 15) is 5.11 Å². The number of hydrogen-bond donors (Lipinski definition) is 1. The summed E-state index contributed by atoms with van der Waals surface area (Å²) in [4.78, 5) is 2.31. The zero-order chi connectivity index (χ0) is 13.9. The molecule has 1 atom stereocenters. The first kappa shape index (κ1) is 14.5. The lowest BCUT2D eigenvalue weighted by molar-refractivity contribution is -0.0667. The molecule has 19 heavy (non-hydrogen) atoms. The Balaban J connectivity index is 2.01. The summed E-state index contributed by atoms with van der Waals surface area (Å²) in [5.41, 5.74) is 2.31. The first-order valence-electron chi connectivity index (χ1n) is 7.12. The largest absolute Gasteiger partial charge is 0.387 e. The fourth-order valence-corrected chi connectivity index (χ4v) is 2.52. The fourth-order valence-electron chi connectivity index (χ4n) is 2.52. The van der Waals surface area contributed by atoms with Gasteiger partial charge in [0.1, 0.15) is 0 Å². The number of nitrogens with zero attached hydrogens (tertiary/aromatic N) is 1. The average Bonchev–Trinajstić information content (AvgIpc) is 2.41. The maximum Gasteiger partial charge on any atom is 0.0917 e. The van der Waals surface area contributed by atoms with Crippen LogP contribution in [-0.2, 0) is 11.2 Å². The zero-order valence-electron chi connectivity index (χ0n) is 12.2. The average molecular weight is 263 g/mol.